The van der Waals surface area contributed by atoms with Crippen molar-refractivity contribution in [3.05, 3.63) is 18.2 Å². The fourth-order valence-corrected chi connectivity index (χ4v) is 1.41. The number of hydrogen-bond acceptors (Lipinski definition) is 3. The van der Waals surface area contributed by atoms with Gasteiger partial charge in [0.05, 0.1) is 12.5 Å². The third kappa shape index (κ3) is 2.89. The van der Waals surface area contributed by atoms with E-state index in [1.807, 2.05) is 31.7 Å². The van der Waals surface area contributed by atoms with E-state index in [9.17, 15) is 4.79 Å². The monoisotopic (exact) mass is 209 g/mol. The molecule has 84 valence electrons. The van der Waals surface area contributed by atoms with Gasteiger partial charge in [-0.2, -0.15) is 0 Å². The van der Waals surface area contributed by atoms with Crippen LogP contribution in [0.15, 0.2) is 12.4 Å². The van der Waals surface area contributed by atoms with Gasteiger partial charge >= 0.3 is 0 Å². The van der Waals surface area contributed by atoms with Gasteiger partial charge in [0.1, 0.15) is 5.82 Å². The van der Waals surface area contributed by atoms with Crippen molar-refractivity contribution in [3.8, 4) is 0 Å². The van der Waals surface area contributed by atoms with Gasteiger partial charge in [-0.3, -0.25) is 4.79 Å². The minimum atomic E-state index is -0.369. The first-order chi connectivity index (χ1) is 7.06. The average Bonchev–Trinajstić information content (AvgIpc) is 2.62. The summed E-state index contributed by atoms with van der Waals surface area (Å²) in [7, 11) is 1.88. The van der Waals surface area contributed by atoms with Gasteiger partial charge in [0, 0.05) is 19.4 Å². The fourth-order valence-electron chi connectivity index (χ4n) is 1.41. The van der Waals surface area contributed by atoms with Gasteiger partial charge in [-0.05, 0) is 5.92 Å². The standard InChI is InChI=1S/C11H19N3O/c1-4-8(2)11(12)9(15)7-10-13-5-6-14(10)3/h5-6,8,11H,4,7,12H2,1-3H3. The third-order valence-electron chi connectivity index (χ3n) is 2.88. The van der Waals surface area contributed by atoms with Crippen molar-refractivity contribution in [3.63, 3.8) is 0 Å². The highest BCUT2D eigenvalue weighted by atomic mass is 16.1. The van der Waals surface area contributed by atoms with E-state index in [0.29, 0.717) is 6.42 Å². The second-order valence-corrected chi connectivity index (χ2v) is 4.01. The fraction of sp³-hybridized carbons (Fsp3) is 0.636. The molecule has 15 heavy (non-hydrogen) atoms. The van der Waals surface area contributed by atoms with Crippen LogP contribution in [0.25, 0.3) is 0 Å². The van der Waals surface area contributed by atoms with Crippen LogP contribution >= 0.6 is 0 Å². The Kier molecular flexibility index (Phi) is 4.03. The second-order valence-electron chi connectivity index (χ2n) is 4.01. The number of rotatable bonds is 5. The Labute approximate surface area is 90.5 Å². The number of imidazole rings is 1. The number of Topliss-reactive ketones (excluding diaryl/α,β-unsaturated/α-hetero) is 1. The van der Waals surface area contributed by atoms with E-state index in [-0.39, 0.29) is 17.7 Å². The van der Waals surface area contributed by atoms with E-state index < -0.39 is 0 Å². The topological polar surface area (TPSA) is 60.9 Å². The Balaban J connectivity index is 2.60. The van der Waals surface area contributed by atoms with Gasteiger partial charge in [0.15, 0.2) is 5.78 Å². The first-order valence-electron chi connectivity index (χ1n) is 5.30. The molecule has 0 saturated heterocycles. The number of aromatic nitrogens is 2. The van der Waals surface area contributed by atoms with Crippen molar-refractivity contribution < 1.29 is 4.79 Å². The van der Waals surface area contributed by atoms with Gasteiger partial charge in [-0.1, -0.05) is 20.3 Å². The smallest absolute Gasteiger partial charge is 0.157 e. The summed E-state index contributed by atoms with van der Waals surface area (Å²) < 4.78 is 1.85. The highest BCUT2D eigenvalue weighted by Gasteiger charge is 2.20. The zero-order valence-electron chi connectivity index (χ0n) is 9.60. The minimum absolute atomic E-state index is 0.0682. The number of nitrogens with zero attached hydrogens (tertiary/aromatic N) is 2. The molecule has 2 unspecified atom stereocenters. The summed E-state index contributed by atoms with van der Waals surface area (Å²) in [5, 5.41) is 0. The molecule has 1 heterocycles. The van der Waals surface area contributed by atoms with E-state index in [0.717, 1.165) is 12.2 Å². The van der Waals surface area contributed by atoms with Crippen LogP contribution in [-0.4, -0.2) is 21.4 Å². The molecule has 2 atom stereocenters. The predicted molar refractivity (Wildman–Crippen MR) is 59.3 cm³/mol. The summed E-state index contributed by atoms with van der Waals surface area (Å²) in [4.78, 5) is 15.9. The summed E-state index contributed by atoms with van der Waals surface area (Å²) in [6, 6.07) is -0.369. The number of carbonyl (C=O) groups excluding carboxylic acids is 1. The van der Waals surface area contributed by atoms with Crippen LogP contribution in [0.2, 0.25) is 0 Å². The number of nitrogens with two attached hydrogens (primary N) is 1. The average molecular weight is 209 g/mol. The van der Waals surface area contributed by atoms with Crippen molar-refractivity contribution in [1.29, 1.82) is 0 Å². The van der Waals surface area contributed by atoms with E-state index in [1.54, 1.807) is 6.20 Å². The van der Waals surface area contributed by atoms with Crippen LogP contribution < -0.4 is 5.73 Å². The largest absolute Gasteiger partial charge is 0.338 e. The summed E-state index contributed by atoms with van der Waals surface area (Å²) in [5.74, 6) is 1.08. The van der Waals surface area contributed by atoms with Crippen LogP contribution in [0.5, 0.6) is 0 Å². The van der Waals surface area contributed by atoms with Crippen molar-refractivity contribution in [2.45, 2.75) is 32.7 Å². The maximum Gasteiger partial charge on any atom is 0.157 e. The van der Waals surface area contributed by atoms with Crippen molar-refractivity contribution in [2.75, 3.05) is 0 Å². The van der Waals surface area contributed by atoms with Crippen molar-refractivity contribution >= 4 is 5.78 Å². The zero-order chi connectivity index (χ0) is 11.4. The highest BCUT2D eigenvalue weighted by molar-refractivity contribution is 5.85. The molecule has 1 aromatic rings. The van der Waals surface area contributed by atoms with Gasteiger partial charge < -0.3 is 10.3 Å². The van der Waals surface area contributed by atoms with E-state index >= 15 is 0 Å². The molecule has 0 spiro atoms. The van der Waals surface area contributed by atoms with Crippen LogP contribution in [-0.2, 0) is 18.3 Å². The summed E-state index contributed by atoms with van der Waals surface area (Å²) in [6.45, 7) is 4.04. The lowest BCUT2D eigenvalue weighted by atomic mass is 9.95. The molecule has 0 radical (unpaired) electrons. The quantitative estimate of drug-likeness (QED) is 0.784. The predicted octanol–water partition coefficient (Wildman–Crippen LogP) is 0.905. The minimum Gasteiger partial charge on any atom is -0.338 e. The SMILES string of the molecule is CCC(C)C(N)C(=O)Cc1nccn1C. The van der Waals surface area contributed by atoms with Crippen LogP contribution in [0, 0.1) is 5.92 Å². The lowest BCUT2D eigenvalue weighted by Gasteiger charge is -2.16. The van der Waals surface area contributed by atoms with E-state index in [1.165, 1.54) is 0 Å². The summed E-state index contributed by atoms with van der Waals surface area (Å²) >= 11 is 0. The Hall–Kier alpha value is -1.16. The number of hydrogen-bond donors (Lipinski definition) is 1. The van der Waals surface area contributed by atoms with Gasteiger partial charge in [0.2, 0.25) is 0 Å². The maximum absolute atomic E-state index is 11.8. The number of carbonyl (C=O) groups is 1. The Morgan fingerprint density at radius 3 is 2.80 bits per heavy atom. The molecule has 0 fully saturated rings. The molecule has 4 heteroatoms. The maximum atomic E-state index is 11.8. The van der Waals surface area contributed by atoms with Crippen LogP contribution in [0.4, 0.5) is 0 Å². The van der Waals surface area contributed by atoms with Gasteiger partial charge in [-0.15, -0.1) is 0 Å². The van der Waals surface area contributed by atoms with E-state index in [4.69, 9.17) is 5.73 Å². The molecule has 2 N–H and O–H groups in total. The Bertz CT molecular complexity index is 332. The zero-order valence-corrected chi connectivity index (χ0v) is 9.60. The normalized spacial score (nSPS) is 14.9. The van der Waals surface area contributed by atoms with Gasteiger partial charge in [-0.25, -0.2) is 4.98 Å². The molecule has 0 aromatic carbocycles. The molecule has 0 aliphatic heterocycles. The van der Waals surface area contributed by atoms with Crippen molar-refractivity contribution in [1.82, 2.24) is 9.55 Å². The third-order valence-corrected chi connectivity index (χ3v) is 2.88. The molecular formula is C11H19N3O. The van der Waals surface area contributed by atoms with Gasteiger partial charge in [0.25, 0.3) is 0 Å². The molecule has 0 saturated carbocycles. The number of aryl methyl sites for hydroxylation is 1. The molecule has 0 aliphatic rings. The molecule has 1 aromatic heterocycles. The summed E-state index contributed by atoms with van der Waals surface area (Å²) in [5.41, 5.74) is 5.85. The lowest BCUT2D eigenvalue weighted by molar-refractivity contribution is -0.120. The summed E-state index contributed by atoms with van der Waals surface area (Å²) in [6.07, 6.45) is 4.78. The molecule has 4 nitrogen and oxygen atoms in total. The molecule has 0 amide bonds. The lowest BCUT2D eigenvalue weighted by Crippen LogP contribution is -2.38. The molecular weight excluding hydrogens is 190 g/mol. The van der Waals surface area contributed by atoms with Crippen LogP contribution in [0.1, 0.15) is 26.1 Å². The first kappa shape index (κ1) is 11.9. The molecule has 1 rings (SSSR count). The number of ketones is 1. The van der Waals surface area contributed by atoms with Crippen LogP contribution in [0.3, 0.4) is 0 Å². The second kappa shape index (κ2) is 5.07. The first-order valence-corrected chi connectivity index (χ1v) is 5.30. The van der Waals surface area contributed by atoms with E-state index in [2.05, 4.69) is 4.98 Å². The molecule has 0 bridgehead atoms. The Morgan fingerprint density at radius 1 is 1.67 bits per heavy atom. The molecule has 0 aliphatic carbocycles. The highest BCUT2D eigenvalue weighted by Crippen LogP contribution is 2.08. The Morgan fingerprint density at radius 2 is 2.33 bits per heavy atom. The van der Waals surface area contributed by atoms with Crippen molar-refractivity contribution in [2.24, 2.45) is 18.7 Å².